The van der Waals surface area contributed by atoms with Crippen LogP contribution in [-0.4, -0.2) is 79.9 Å². The lowest BCUT2D eigenvalue weighted by atomic mass is 10.2. The van der Waals surface area contributed by atoms with Crippen LogP contribution in [0.1, 0.15) is 25.8 Å². The van der Waals surface area contributed by atoms with Gasteiger partial charge in [-0.25, -0.2) is 4.98 Å². The van der Waals surface area contributed by atoms with Crippen LogP contribution in [0.15, 0.2) is 34.1 Å². The van der Waals surface area contributed by atoms with Gasteiger partial charge in [-0.2, -0.15) is 0 Å². The maximum absolute atomic E-state index is 13.4. The molecule has 0 radical (unpaired) electrons. The fraction of sp³-hybridized carbons (Fsp3) is 0.455. The van der Waals surface area contributed by atoms with E-state index in [4.69, 9.17) is 17.2 Å². The highest BCUT2D eigenvalue weighted by atomic mass is 32.2. The van der Waals surface area contributed by atoms with Crippen molar-refractivity contribution in [2.24, 2.45) is 0 Å². The highest BCUT2D eigenvalue weighted by Crippen LogP contribution is 2.35. The molecule has 0 bridgehead atoms. The van der Waals surface area contributed by atoms with Crippen LogP contribution in [0.2, 0.25) is 0 Å². The first-order valence-electron chi connectivity index (χ1n) is 10.8. The summed E-state index contributed by atoms with van der Waals surface area (Å²) in [4.78, 5) is 37.7. The number of anilines is 1. The third-order valence-electron chi connectivity index (χ3n) is 5.97. The highest BCUT2D eigenvalue weighted by molar-refractivity contribution is 8.26. The molecule has 2 fully saturated rings. The molecule has 2 aromatic rings. The van der Waals surface area contributed by atoms with Gasteiger partial charge in [0.05, 0.1) is 17.1 Å². The van der Waals surface area contributed by atoms with Gasteiger partial charge in [0.15, 0.2) is 0 Å². The molecule has 0 unspecified atom stereocenters. The van der Waals surface area contributed by atoms with E-state index in [1.807, 2.05) is 19.9 Å². The molecule has 0 saturated carbocycles. The van der Waals surface area contributed by atoms with E-state index >= 15 is 0 Å². The number of piperazine rings is 1. The summed E-state index contributed by atoms with van der Waals surface area (Å²) in [5.74, 6) is 0.421. The van der Waals surface area contributed by atoms with E-state index in [9.17, 15) is 14.7 Å². The molecule has 4 heterocycles. The number of carbonyl (C=O) groups is 1. The molecule has 1 atom stereocenters. The molecule has 0 aromatic carbocycles. The Hall–Kier alpha value is -2.27. The van der Waals surface area contributed by atoms with E-state index in [0.717, 1.165) is 19.5 Å². The normalized spacial score (nSPS) is 20.0. The van der Waals surface area contributed by atoms with Crippen molar-refractivity contribution in [2.45, 2.75) is 26.3 Å². The summed E-state index contributed by atoms with van der Waals surface area (Å²) in [7, 11) is 0. The number of fused-ring (bicyclic) bond motifs is 1. The minimum Gasteiger partial charge on any atom is -0.395 e. The van der Waals surface area contributed by atoms with Gasteiger partial charge in [0.1, 0.15) is 15.8 Å². The van der Waals surface area contributed by atoms with Crippen molar-refractivity contribution in [2.75, 3.05) is 44.2 Å². The molecule has 2 aliphatic rings. The summed E-state index contributed by atoms with van der Waals surface area (Å²) in [5, 5.41) is 9.22. The molecular formula is C22H27N5O3S2. The molecule has 32 heavy (non-hydrogen) atoms. The van der Waals surface area contributed by atoms with Crippen LogP contribution in [0, 0.1) is 0 Å². The van der Waals surface area contributed by atoms with Gasteiger partial charge in [0.25, 0.3) is 11.5 Å². The lowest BCUT2D eigenvalue weighted by molar-refractivity contribution is -0.123. The molecule has 170 valence electrons. The minimum atomic E-state index is -0.211. The van der Waals surface area contributed by atoms with Crippen LogP contribution in [0.3, 0.4) is 0 Å². The quantitative estimate of drug-likeness (QED) is 0.503. The van der Waals surface area contributed by atoms with E-state index in [2.05, 4.69) is 9.80 Å². The zero-order valence-corrected chi connectivity index (χ0v) is 19.9. The van der Waals surface area contributed by atoms with Crippen molar-refractivity contribution in [3.8, 4) is 0 Å². The molecule has 2 saturated heterocycles. The number of thioether (sulfide) groups is 1. The fourth-order valence-electron chi connectivity index (χ4n) is 3.96. The lowest BCUT2D eigenvalue weighted by Gasteiger charge is -2.35. The number of β-amino-alcohol motifs (C(OH)–C–C–N with tert-alkyl or cyclic N) is 1. The first-order chi connectivity index (χ1) is 15.4. The van der Waals surface area contributed by atoms with Crippen LogP contribution < -0.4 is 10.5 Å². The summed E-state index contributed by atoms with van der Waals surface area (Å²) in [6.45, 7) is 7.65. The number of aliphatic hydroxyl groups is 1. The van der Waals surface area contributed by atoms with E-state index in [1.54, 1.807) is 29.3 Å². The zero-order chi connectivity index (χ0) is 22.8. The van der Waals surface area contributed by atoms with Crippen molar-refractivity contribution in [3.63, 3.8) is 0 Å². The van der Waals surface area contributed by atoms with Crippen molar-refractivity contribution < 1.29 is 9.90 Å². The number of hydrogen-bond acceptors (Lipinski definition) is 8. The first-order valence-corrected chi connectivity index (χ1v) is 12.0. The number of aromatic nitrogens is 2. The van der Waals surface area contributed by atoms with Crippen molar-refractivity contribution in [1.82, 2.24) is 19.2 Å². The topological polar surface area (TPSA) is 81.4 Å². The maximum Gasteiger partial charge on any atom is 0.267 e. The molecule has 1 N–H and O–H groups in total. The van der Waals surface area contributed by atoms with E-state index in [1.165, 1.54) is 16.2 Å². The number of carbonyl (C=O) groups excluding carboxylic acids is 1. The van der Waals surface area contributed by atoms with Gasteiger partial charge in [-0.15, -0.1) is 0 Å². The lowest BCUT2D eigenvalue weighted by Crippen LogP contribution is -2.48. The standard InChI is InChI=1S/C22H27N5O3S2/c1-3-15(2)27-21(30)17(32-22(27)31)14-16-19(25-10-8-24(9-11-25)12-13-28)23-18-6-4-5-7-26(18)20(16)29/h4-7,14-15,28H,3,8-13H2,1-2H3/b17-14+/t15-/m0/s1. The van der Waals surface area contributed by atoms with E-state index in [0.29, 0.717) is 45.9 Å². The second kappa shape index (κ2) is 9.70. The average molecular weight is 474 g/mol. The maximum atomic E-state index is 13.4. The van der Waals surface area contributed by atoms with Crippen molar-refractivity contribution in [1.29, 1.82) is 0 Å². The third-order valence-corrected chi connectivity index (χ3v) is 7.30. The SMILES string of the molecule is CC[C@H](C)N1C(=O)/C(=C\c2c(N3CCN(CCO)CC3)nc3ccccn3c2=O)SC1=S. The molecular weight excluding hydrogens is 446 g/mol. The highest BCUT2D eigenvalue weighted by Gasteiger charge is 2.35. The van der Waals surface area contributed by atoms with Crippen molar-refractivity contribution in [3.05, 3.63) is 45.2 Å². The van der Waals surface area contributed by atoms with Gasteiger partial charge in [-0.1, -0.05) is 37.0 Å². The number of rotatable bonds is 6. The number of nitrogens with zero attached hydrogens (tertiary/aromatic N) is 5. The zero-order valence-electron chi connectivity index (χ0n) is 18.2. The molecule has 8 nitrogen and oxygen atoms in total. The molecule has 2 aromatic heterocycles. The van der Waals surface area contributed by atoms with Gasteiger partial charge < -0.3 is 10.0 Å². The summed E-state index contributed by atoms with van der Waals surface area (Å²) < 4.78 is 2.02. The molecule has 0 aliphatic carbocycles. The molecule has 10 heteroatoms. The minimum absolute atomic E-state index is 0.00305. The molecule has 4 rings (SSSR count). The third kappa shape index (κ3) is 4.32. The molecule has 2 aliphatic heterocycles. The van der Waals surface area contributed by atoms with Gasteiger partial charge >= 0.3 is 0 Å². The predicted octanol–water partition coefficient (Wildman–Crippen LogP) is 1.81. The Bertz CT molecular complexity index is 1120. The monoisotopic (exact) mass is 473 g/mol. The smallest absolute Gasteiger partial charge is 0.267 e. The first kappa shape index (κ1) is 22.9. The predicted molar refractivity (Wildman–Crippen MR) is 132 cm³/mol. The Labute approximate surface area is 196 Å². The summed E-state index contributed by atoms with van der Waals surface area (Å²) in [6.07, 6.45) is 4.14. The van der Waals surface area contributed by atoms with Gasteiger partial charge in [-0.05, 0) is 31.6 Å². The van der Waals surface area contributed by atoms with Crippen LogP contribution in [0.4, 0.5) is 5.82 Å². The van der Waals surface area contributed by atoms with Crippen molar-refractivity contribution >= 4 is 51.7 Å². The molecule has 0 spiro atoms. The van der Waals surface area contributed by atoms with Crippen LogP contribution in [-0.2, 0) is 4.79 Å². The number of aliphatic hydroxyl groups excluding tert-OH is 1. The van der Waals surface area contributed by atoms with Gasteiger partial charge in [-0.3, -0.25) is 23.8 Å². The number of thiocarbonyl (C=S) groups is 1. The largest absolute Gasteiger partial charge is 0.395 e. The second-order valence-corrected chi connectivity index (χ2v) is 9.62. The Morgan fingerprint density at radius 2 is 2.00 bits per heavy atom. The fourth-order valence-corrected chi connectivity index (χ4v) is 5.40. The number of pyridine rings is 1. The van der Waals surface area contributed by atoms with Crippen LogP contribution >= 0.6 is 24.0 Å². The number of hydrogen-bond donors (Lipinski definition) is 1. The van der Waals surface area contributed by atoms with E-state index < -0.39 is 0 Å². The van der Waals surface area contributed by atoms with Crippen LogP contribution in [0.25, 0.3) is 11.7 Å². The Balaban J connectivity index is 1.77. The summed E-state index contributed by atoms with van der Waals surface area (Å²) in [6, 6.07) is 5.44. The molecule has 1 amide bonds. The number of amides is 1. The Morgan fingerprint density at radius 3 is 2.69 bits per heavy atom. The van der Waals surface area contributed by atoms with Crippen LogP contribution in [0.5, 0.6) is 0 Å². The Morgan fingerprint density at radius 1 is 1.25 bits per heavy atom. The summed E-state index contributed by atoms with van der Waals surface area (Å²) >= 11 is 6.69. The Kier molecular flexibility index (Phi) is 6.94. The van der Waals surface area contributed by atoms with Gasteiger partial charge in [0, 0.05) is 45.0 Å². The summed E-state index contributed by atoms with van der Waals surface area (Å²) in [5.41, 5.74) is 0.751. The van der Waals surface area contributed by atoms with E-state index in [-0.39, 0.29) is 24.1 Å². The second-order valence-electron chi connectivity index (χ2n) is 7.94. The average Bonchev–Trinajstić information content (AvgIpc) is 3.08. The van der Waals surface area contributed by atoms with Gasteiger partial charge in [0.2, 0.25) is 0 Å².